The van der Waals surface area contributed by atoms with E-state index in [9.17, 15) is 0 Å². The molecular weight excluding hydrogens is 302 g/mol. The van der Waals surface area contributed by atoms with Crippen molar-refractivity contribution in [2.45, 2.75) is 39.8 Å². The Hall–Kier alpha value is -2.40. The average molecular weight is 325 g/mol. The maximum Gasteiger partial charge on any atom is 0.241 e. The molecule has 0 aliphatic rings. The second kappa shape index (κ2) is 7.45. The molecule has 126 valence electrons. The first-order valence-electron chi connectivity index (χ1n) is 8.36. The minimum atomic E-state index is 0.231. The van der Waals surface area contributed by atoms with E-state index in [1.165, 1.54) is 11.1 Å². The molecule has 3 aromatic rings. The van der Waals surface area contributed by atoms with E-state index in [0.29, 0.717) is 29.9 Å². The summed E-state index contributed by atoms with van der Waals surface area (Å²) >= 11 is 0. The summed E-state index contributed by atoms with van der Waals surface area (Å²) in [4.78, 5) is 4.37. The van der Waals surface area contributed by atoms with Crippen LogP contribution in [0.1, 0.15) is 43.8 Å². The average Bonchev–Trinajstić information content (AvgIpc) is 3.26. The van der Waals surface area contributed by atoms with Crippen LogP contribution in [-0.4, -0.2) is 10.1 Å². The van der Waals surface area contributed by atoms with Crippen molar-refractivity contribution in [1.82, 2.24) is 15.5 Å². The Bertz CT molecular complexity index is 745. The molecule has 0 radical (unpaired) electrons. The van der Waals surface area contributed by atoms with Gasteiger partial charge in [0.15, 0.2) is 5.76 Å². The number of hydrogen-bond acceptors (Lipinski definition) is 5. The highest BCUT2D eigenvalue weighted by Gasteiger charge is 2.17. The van der Waals surface area contributed by atoms with Crippen molar-refractivity contribution in [2.75, 3.05) is 0 Å². The highest BCUT2D eigenvalue weighted by atomic mass is 16.5. The van der Waals surface area contributed by atoms with Gasteiger partial charge in [-0.1, -0.05) is 50.2 Å². The van der Waals surface area contributed by atoms with Crippen molar-refractivity contribution in [3.63, 3.8) is 0 Å². The summed E-state index contributed by atoms with van der Waals surface area (Å²) in [6.45, 7) is 7.09. The fraction of sp³-hybridized carbons (Fsp3) is 0.368. The lowest BCUT2D eigenvalue weighted by atomic mass is 9.95. The Morgan fingerprint density at radius 2 is 1.92 bits per heavy atom. The molecule has 5 nitrogen and oxygen atoms in total. The summed E-state index contributed by atoms with van der Waals surface area (Å²) in [5.41, 5.74) is 2.62. The predicted octanol–water partition coefficient (Wildman–Crippen LogP) is 4.38. The van der Waals surface area contributed by atoms with Crippen LogP contribution < -0.4 is 5.32 Å². The van der Waals surface area contributed by atoms with Gasteiger partial charge in [0.05, 0.1) is 12.8 Å². The van der Waals surface area contributed by atoms with Gasteiger partial charge in [0.25, 0.3) is 0 Å². The lowest BCUT2D eigenvalue weighted by molar-refractivity contribution is 0.337. The number of aryl methyl sites for hydroxylation is 1. The van der Waals surface area contributed by atoms with E-state index in [2.05, 4.69) is 60.5 Å². The van der Waals surface area contributed by atoms with Crippen molar-refractivity contribution in [1.29, 1.82) is 0 Å². The molecule has 2 heterocycles. The molecule has 0 fully saturated rings. The van der Waals surface area contributed by atoms with Crippen molar-refractivity contribution in [3.05, 3.63) is 59.7 Å². The smallest absolute Gasteiger partial charge is 0.241 e. The highest BCUT2D eigenvalue weighted by molar-refractivity contribution is 5.44. The van der Waals surface area contributed by atoms with E-state index in [0.717, 1.165) is 6.42 Å². The Morgan fingerprint density at radius 1 is 1.12 bits per heavy atom. The molecule has 0 spiro atoms. The van der Waals surface area contributed by atoms with Crippen LogP contribution >= 0.6 is 0 Å². The number of rotatable bonds is 7. The molecule has 0 aliphatic carbocycles. The largest absolute Gasteiger partial charge is 0.461 e. The zero-order valence-corrected chi connectivity index (χ0v) is 14.3. The van der Waals surface area contributed by atoms with Crippen molar-refractivity contribution < 1.29 is 8.94 Å². The van der Waals surface area contributed by atoms with Crippen molar-refractivity contribution in [3.8, 4) is 11.6 Å². The number of hydrogen-bond donors (Lipinski definition) is 1. The van der Waals surface area contributed by atoms with Gasteiger partial charge in [0.2, 0.25) is 11.7 Å². The van der Waals surface area contributed by atoms with Gasteiger partial charge in [0.1, 0.15) is 0 Å². The van der Waals surface area contributed by atoms with E-state index in [4.69, 9.17) is 8.94 Å². The minimum absolute atomic E-state index is 0.231. The molecule has 1 aromatic carbocycles. The molecule has 0 amide bonds. The predicted molar refractivity (Wildman–Crippen MR) is 92.2 cm³/mol. The number of benzene rings is 1. The van der Waals surface area contributed by atoms with Gasteiger partial charge in [-0.15, -0.1) is 0 Å². The molecule has 1 N–H and O–H groups in total. The number of nitrogens with one attached hydrogen (secondary N) is 1. The second-order valence-electron chi connectivity index (χ2n) is 6.19. The fourth-order valence-corrected chi connectivity index (χ4v) is 2.73. The lowest BCUT2D eigenvalue weighted by Crippen LogP contribution is -2.25. The first-order valence-corrected chi connectivity index (χ1v) is 8.36. The summed E-state index contributed by atoms with van der Waals surface area (Å²) in [6, 6.07) is 12.6. The summed E-state index contributed by atoms with van der Waals surface area (Å²) in [6.07, 6.45) is 2.65. The molecule has 0 saturated heterocycles. The third kappa shape index (κ3) is 3.74. The van der Waals surface area contributed by atoms with Gasteiger partial charge in [0, 0.05) is 6.04 Å². The molecule has 2 aromatic heterocycles. The van der Waals surface area contributed by atoms with Crippen LogP contribution in [0.3, 0.4) is 0 Å². The van der Waals surface area contributed by atoms with Crippen molar-refractivity contribution >= 4 is 0 Å². The first kappa shape index (κ1) is 16.5. The Kier molecular flexibility index (Phi) is 5.11. The summed E-state index contributed by atoms with van der Waals surface area (Å²) in [7, 11) is 0. The lowest BCUT2D eigenvalue weighted by Gasteiger charge is -2.22. The normalized spacial score (nSPS) is 12.7. The van der Waals surface area contributed by atoms with E-state index in [1.54, 1.807) is 12.3 Å². The van der Waals surface area contributed by atoms with E-state index >= 15 is 0 Å². The molecular formula is C19H23N3O2. The molecule has 5 heteroatoms. The van der Waals surface area contributed by atoms with Gasteiger partial charge >= 0.3 is 0 Å². The number of furan rings is 1. The van der Waals surface area contributed by atoms with Gasteiger partial charge in [-0.05, 0) is 35.6 Å². The molecule has 0 saturated carbocycles. The van der Waals surface area contributed by atoms with Crippen LogP contribution in [0.2, 0.25) is 0 Å². The van der Waals surface area contributed by atoms with Gasteiger partial charge < -0.3 is 14.3 Å². The van der Waals surface area contributed by atoms with Crippen LogP contribution in [0.5, 0.6) is 0 Å². The molecule has 0 aliphatic heterocycles. The van der Waals surface area contributed by atoms with Gasteiger partial charge in [-0.2, -0.15) is 4.98 Å². The summed E-state index contributed by atoms with van der Waals surface area (Å²) in [5.74, 6) is 2.09. The zero-order chi connectivity index (χ0) is 16.9. The fourth-order valence-electron chi connectivity index (χ4n) is 2.73. The number of nitrogens with zero attached hydrogens (tertiary/aromatic N) is 2. The molecule has 1 atom stereocenters. The summed E-state index contributed by atoms with van der Waals surface area (Å²) < 4.78 is 10.6. The molecule has 1 unspecified atom stereocenters. The molecule has 3 rings (SSSR count). The Labute approximate surface area is 142 Å². The third-order valence-electron chi connectivity index (χ3n) is 4.10. The highest BCUT2D eigenvalue weighted by Crippen LogP contribution is 2.23. The first-order chi connectivity index (χ1) is 11.7. The van der Waals surface area contributed by atoms with E-state index in [-0.39, 0.29) is 6.04 Å². The van der Waals surface area contributed by atoms with E-state index in [1.807, 2.05) is 6.07 Å². The third-order valence-corrected chi connectivity index (χ3v) is 4.10. The monoisotopic (exact) mass is 325 g/mol. The van der Waals surface area contributed by atoms with Crippen LogP contribution in [0.25, 0.3) is 11.6 Å². The zero-order valence-electron chi connectivity index (χ0n) is 14.3. The maximum absolute atomic E-state index is 5.31. The Balaban J connectivity index is 1.68. The Morgan fingerprint density at radius 3 is 2.54 bits per heavy atom. The van der Waals surface area contributed by atoms with E-state index < -0.39 is 0 Å². The SMILES string of the molecule is CCc1ccc(C(NCc2nc(-c3ccco3)no2)C(C)C)cc1. The second-order valence-corrected chi connectivity index (χ2v) is 6.19. The molecule has 24 heavy (non-hydrogen) atoms. The number of aromatic nitrogens is 2. The quantitative estimate of drug-likeness (QED) is 0.698. The van der Waals surface area contributed by atoms with Crippen LogP contribution in [0, 0.1) is 5.92 Å². The van der Waals surface area contributed by atoms with Crippen LogP contribution in [0.4, 0.5) is 0 Å². The van der Waals surface area contributed by atoms with Crippen LogP contribution in [0.15, 0.2) is 51.6 Å². The van der Waals surface area contributed by atoms with Gasteiger partial charge in [-0.3, -0.25) is 0 Å². The topological polar surface area (TPSA) is 64.1 Å². The standard InChI is InChI=1S/C19H23N3O2/c1-4-14-7-9-15(10-8-14)18(13(2)3)20-12-17-21-19(22-24-17)16-6-5-11-23-16/h5-11,13,18,20H,4,12H2,1-3H3. The molecule has 0 bridgehead atoms. The maximum atomic E-state index is 5.31. The van der Waals surface area contributed by atoms with Crippen molar-refractivity contribution in [2.24, 2.45) is 5.92 Å². The van der Waals surface area contributed by atoms with Gasteiger partial charge in [-0.25, -0.2) is 0 Å². The minimum Gasteiger partial charge on any atom is -0.461 e. The van der Waals surface area contributed by atoms with Crippen LogP contribution in [-0.2, 0) is 13.0 Å². The summed E-state index contributed by atoms with van der Waals surface area (Å²) in [5, 5.41) is 7.48.